The summed E-state index contributed by atoms with van der Waals surface area (Å²) >= 11 is 1.35. The fourth-order valence-electron chi connectivity index (χ4n) is 1.32. The van der Waals surface area contributed by atoms with E-state index in [1.165, 1.54) is 11.3 Å². The highest BCUT2D eigenvalue weighted by atomic mass is 32.1. The topological polar surface area (TPSA) is 33.1 Å². The van der Waals surface area contributed by atoms with Gasteiger partial charge in [-0.1, -0.05) is 0 Å². The Morgan fingerprint density at radius 3 is 2.75 bits per heavy atom. The van der Waals surface area contributed by atoms with Gasteiger partial charge in [-0.15, -0.1) is 11.3 Å². The average Bonchev–Trinajstić information content (AvgIpc) is 2.80. The number of halogens is 1. The van der Waals surface area contributed by atoms with Gasteiger partial charge < -0.3 is 5.11 Å². The molecule has 0 saturated carbocycles. The van der Waals surface area contributed by atoms with Gasteiger partial charge in [-0.05, 0) is 35.9 Å². The van der Waals surface area contributed by atoms with Crippen LogP contribution in [0, 0.1) is 0 Å². The normalized spacial score (nSPS) is 11.8. The van der Waals surface area contributed by atoms with Crippen LogP contribution in [0.5, 0.6) is 0 Å². The summed E-state index contributed by atoms with van der Waals surface area (Å²) in [5.74, 6) is -0.382. The number of rotatable bonds is 3. The highest BCUT2D eigenvalue weighted by Gasteiger charge is 2.05. The Hall–Kier alpha value is -1.52. The molecule has 1 N–H and O–H groups in total. The van der Waals surface area contributed by atoms with Crippen molar-refractivity contribution in [1.29, 1.82) is 0 Å². The third-order valence-electron chi connectivity index (χ3n) is 2.08. The Morgan fingerprint density at radius 2 is 2.06 bits per heavy atom. The fourth-order valence-corrected chi connectivity index (χ4v) is 2.26. The van der Waals surface area contributed by atoms with Crippen LogP contribution in [0.3, 0.4) is 0 Å². The lowest BCUT2D eigenvalue weighted by Gasteiger charge is -1.94. The molecule has 0 aliphatic carbocycles. The minimum atomic E-state index is -0.382. The molecule has 0 saturated heterocycles. The van der Waals surface area contributed by atoms with Gasteiger partial charge in [0.15, 0.2) is 0 Å². The number of aromatic nitrogens is 1. The first-order valence-corrected chi connectivity index (χ1v) is 5.60. The van der Waals surface area contributed by atoms with Crippen molar-refractivity contribution in [2.24, 2.45) is 0 Å². The molecule has 2 aromatic heterocycles. The number of hydrogen-bond acceptors (Lipinski definition) is 3. The van der Waals surface area contributed by atoms with Crippen LogP contribution < -0.4 is 0 Å². The zero-order chi connectivity index (χ0) is 11.4. The average molecular weight is 235 g/mol. The smallest absolute Gasteiger partial charge is 0.138 e. The molecule has 2 heterocycles. The Bertz CT molecular complexity index is 493. The monoisotopic (exact) mass is 235 g/mol. The fraction of sp³-hybridized carbons (Fsp3) is 0.0833. The van der Waals surface area contributed by atoms with Crippen LogP contribution in [0.1, 0.15) is 4.88 Å². The van der Waals surface area contributed by atoms with Crippen LogP contribution in [0.4, 0.5) is 4.39 Å². The van der Waals surface area contributed by atoms with Gasteiger partial charge in [0, 0.05) is 17.3 Å². The molecule has 2 nitrogen and oxygen atoms in total. The molecule has 0 fully saturated rings. The van der Waals surface area contributed by atoms with Crippen LogP contribution in [0.2, 0.25) is 0 Å². The van der Waals surface area contributed by atoms with E-state index >= 15 is 0 Å². The molecule has 0 unspecified atom stereocenters. The molecule has 0 aliphatic rings. The van der Waals surface area contributed by atoms with E-state index in [4.69, 9.17) is 5.11 Å². The van der Waals surface area contributed by atoms with Gasteiger partial charge >= 0.3 is 0 Å². The van der Waals surface area contributed by atoms with Crippen molar-refractivity contribution in [1.82, 2.24) is 4.98 Å². The van der Waals surface area contributed by atoms with Crippen LogP contribution in [0.25, 0.3) is 16.3 Å². The molecular weight excluding hydrogens is 225 g/mol. The van der Waals surface area contributed by atoms with Gasteiger partial charge in [0.2, 0.25) is 0 Å². The second-order valence-corrected chi connectivity index (χ2v) is 4.22. The number of hydrogen-bond donors (Lipinski definition) is 1. The van der Waals surface area contributed by atoms with Crippen molar-refractivity contribution in [3.8, 4) is 10.4 Å². The van der Waals surface area contributed by atoms with Crippen molar-refractivity contribution in [2.45, 2.75) is 0 Å². The second-order valence-electron chi connectivity index (χ2n) is 3.13. The lowest BCUT2D eigenvalue weighted by molar-refractivity contribution is 0.342. The molecule has 0 bridgehead atoms. The van der Waals surface area contributed by atoms with E-state index in [-0.39, 0.29) is 12.4 Å². The van der Waals surface area contributed by atoms with Gasteiger partial charge in [0.05, 0.1) is 11.5 Å². The summed E-state index contributed by atoms with van der Waals surface area (Å²) in [6, 6.07) is 7.33. The van der Waals surface area contributed by atoms with Gasteiger partial charge in [0.25, 0.3) is 0 Å². The van der Waals surface area contributed by atoms with Crippen molar-refractivity contribution in [2.75, 3.05) is 6.61 Å². The Balaban J connectivity index is 2.30. The molecule has 16 heavy (non-hydrogen) atoms. The highest BCUT2D eigenvalue weighted by Crippen LogP contribution is 2.31. The summed E-state index contributed by atoms with van der Waals surface area (Å²) < 4.78 is 13.4. The first-order valence-electron chi connectivity index (χ1n) is 4.78. The first-order chi connectivity index (χ1) is 7.81. The molecule has 4 heteroatoms. The van der Waals surface area contributed by atoms with E-state index < -0.39 is 0 Å². The summed E-state index contributed by atoms with van der Waals surface area (Å²) in [4.78, 5) is 5.44. The van der Waals surface area contributed by atoms with E-state index in [0.717, 1.165) is 16.5 Å². The molecule has 0 spiro atoms. The molecule has 0 atom stereocenters. The summed E-state index contributed by atoms with van der Waals surface area (Å²) in [5, 5.41) is 8.60. The molecule has 0 radical (unpaired) electrons. The molecule has 2 rings (SSSR count). The number of aliphatic hydroxyl groups excluding tert-OH is 1. The zero-order valence-corrected chi connectivity index (χ0v) is 9.25. The van der Waals surface area contributed by atoms with E-state index in [1.54, 1.807) is 18.5 Å². The predicted molar refractivity (Wildman–Crippen MR) is 63.7 cm³/mol. The van der Waals surface area contributed by atoms with Crippen molar-refractivity contribution >= 4 is 17.2 Å². The summed E-state index contributed by atoms with van der Waals surface area (Å²) in [6.07, 6.45) is 4.56. The molecule has 2 aromatic rings. The SMILES string of the molecule is OC/C=C(/F)c1ccc(-c2ccncc2)s1. The van der Waals surface area contributed by atoms with Gasteiger partial charge in [-0.2, -0.15) is 0 Å². The number of aliphatic hydroxyl groups is 1. The Labute approximate surface area is 96.7 Å². The van der Waals surface area contributed by atoms with Crippen LogP contribution >= 0.6 is 11.3 Å². The summed E-state index contributed by atoms with van der Waals surface area (Å²) in [5.41, 5.74) is 1.02. The highest BCUT2D eigenvalue weighted by molar-refractivity contribution is 7.16. The van der Waals surface area contributed by atoms with Crippen molar-refractivity contribution in [3.63, 3.8) is 0 Å². The van der Waals surface area contributed by atoms with E-state index in [2.05, 4.69) is 4.98 Å². The van der Waals surface area contributed by atoms with Crippen molar-refractivity contribution in [3.05, 3.63) is 47.6 Å². The van der Waals surface area contributed by atoms with Crippen LogP contribution in [-0.4, -0.2) is 16.7 Å². The first kappa shape index (κ1) is 11.0. The van der Waals surface area contributed by atoms with Gasteiger partial charge in [-0.25, -0.2) is 4.39 Å². The number of thiophene rings is 1. The van der Waals surface area contributed by atoms with E-state index in [9.17, 15) is 4.39 Å². The lowest BCUT2D eigenvalue weighted by Crippen LogP contribution is -1.75. The molecular formula is C12H10FNOS. The van der Waals surface area contributed by atoms with E-state index in [0.29, 0.717) is 4.88 Å². The maximum Gasteiger partial charge on any atom is 0.138 e. The standard InChI is InChI=1S/C12H10FNOS/c13-10(5-8-15)12-2-1-11(16-12)9-3-6-14-7-4-9/h1-7,15H,8H2/b10-5+. The molecule has 0 amide bonds. The molecule has 0 aromatic carbocycles. The Morgan fingerprint density at radius 1 is 1.31 bits per heavy atom. The molecule has 82 valence electrons. The third kappa shape index (κ3) is 2.35. The van der Waals surface area contributed by atoms with Gasteiger partial charge in [-0.3, -0.25) is 4.98 Å². The zero-order valence-electron chi connectivity index (χ0n) is 8.43. The maximum atomic E-state index is 13.4. The van der Waals surface area contributed by atoms with Crippen LogP contribution in [0.15, 0.2) is 42.7 Å². The second kappa shape index (κ2) is 5.01. The van der Waals surface area contributed by atoms with Gasteiger partial charge in [0.1, 0.15) is 5.83 Å². The summed E-state index contributed by atoms with van der Waals surface area (Å²) in [6.45, 7) is -0.283. The number of nitrogens with zero attached hydrogens (tertiary/aromatic N) is 1. The maximum absolute atomic E-state index is 13.4. The minimum absolute atomic E-state index is 0.283. The lowest BCUT2D eigenvalue weighted by atomic mass is 10.2. The molecule has 0 aliphatic heterocycles. The third-order valence-corrected chi connectivity index (χ3v) is 3.22. The predicted octanol–water partition coefficient (Wildman–Crippen LogP) is 3.11. The number of pyridine rings is 1. The van der Waals surface area contributed by atoms with E-state index in [1.807, 2.05) is 18.2 Å². The minimum Gasteiger partial charge on any atom is -0.392 e. The quantitative estimate of drug-likeness (QED) is 0.886. The largest absolute Gasteiger partial charge is 0.392 e. The summed E-state index contributed by atoms with van der Waals surface area (Å²) in [7, 11) is 0. The van der Waals surface area contributed by atoms with Crippen LogP contribution in [-0.2, 0) is 0 Å². The van der Waals surface area contributed by atoms with Crippen molar-refractivity contribution < 1.29 is 9.50 Å². The Kier molecular flexibility index (Phi) is 3.44.